The fourth-order valence-electron chi connectivity index (χ4n) is 9.57. The third kappa shape index (κ3) is 6.82. The molecule has 3 nitrogen and oxygen atoms in total. The van der Waals surface area contributed by atoms with Gasteiger partial charge in [-0.1, -0.05) is 188 Å². The summed E-state index contributed by atoms with van der Waals surface area (Å²) in [6, 6.07) is 86.5. The van der Waals surface area contributed by atoms with Crippen molar-refractivity contribution in [2.24, 2.45) is 0 Å². The first-order valence-corrected chi connectivity index (χ1v) is 22.4. The lowest BCUT2D eigenvalue weighted by Crippen LogP contribution is -2.13. The van der Waals surface area contributed by atoms with Crippen LogP contribution in [0.2, 0.25) is 5.02 Å². The van der Waals surface area contributed by atoms with E-state index in [-0.39, 0.29) is 0 Å². The Bertz CT molecular complexity index is 3480. The summed E-state index contributed by atoms with van der Waals surface area (Å²) >= 11 is 7.28. The average Bonchev–Trinajstić information content (AvgIpc) is 3.72. The van der Waals surface area contributed by atoms with E-state index in [0.29, 0.717) is 5.02 Å². The van der Waals surface area contributed by atoms with E-state index < -0.39 is 0 Å². The highest BCUT2D eigenvalue weighted by molar-refractivity contribution is 6.34. The Kier molecular flexibility index (Phi) is 9.55. The minimum absolute atomic E-state index is 0.675. The fourth-order valence-corrected chi connectivity index (χ4v) is 9.79. The van der Waals surface area contributed by atoms with Gasteiger partial charge in [-0.2, -0.15) is 0 Å². The van der Waals surface area contributed by atoms with Crippen LogP contribution in [0.3, 0.4) is 0 Å². The second-order valence-electron chi connectivity index (χ2n) is 16.5. The Balaban J connectivity index is 1.04. The molecular formula is C61H40ClN3. The molecule has 0 fully saturated rings. The van der Waals surface area contributed by atoms with Gasteiger partial charge in [0.15, 0.2) is 0 Å². The standard InChI is InChI=1S/C61H40ClN3/c62-55-27-12-14-29-58(55)65-57-36-35-45(43-31-33-44(34-32-43)61-63-56-28-13-15-30-59(56)64(61)49-21-8-3-9-22-49)40-54(57)52-24-11-10-23-51(52)53-26-16-25-50(60(53)65)48-38-46(41-17-4-1-5-18-41)37-47(39-48)42-19-6-2-7-20-42/h1-40H. The van der Waals surface area contributed by atoms with Gasteiger partial charge >= 0.3 is 0 Å². The highest BCUT2D eigenvalue weighted by Gasteiger charge is 2.30. The van der Waals surface area contributed by atoms with Crippen LogP contribution in [0.1, 0.15) is 0 Å². The number of hydrogen-bond donors (Lipinski definition) is 0. The van der Waals surface area contributed by atoms with Gasteiger partial charge in [-0.3, -0.25) is 4.57 Å². The van der Waals surface area contributed by atoms with E-state index in [4.69, 9.17) is 16.6 Å². The summed E-state index contributed by atoms with van der Waals surface area (Å²) in [5, 5.41) is 0.675. The van der Waals surface area contributed by atoms with Crippen LogP contribution < -0.4 is 4.90 Å². The smallest absolute Gasteiger partial charge is 0.145 e. The zero-order chi connectivity index (χ0) is 43.3. The second-order valence-corrected chi connectivity index (χ2v) is 16.9. The molecule has 0 radical (unpaired) electrons. The van der Waals surface area contributed by atoms with Crippen molar-refractivity contribution in [3.63, 3.8) is 0 Å². The molecule has 1 aliphatic rings. The maximum atomic E-state index is 7.28. The molecule has 2 heterocycles. The Labute approximate surface area is 383 Å². The normalized spacial score (nSPS) is 11.7. The van der Waals surface area contributed by atoms with Crippen molar-refractivity contribution >= 4 is 39.7 Å². The van der Waals surface area contributed by atoms with Crippen LogP contribution >= 0.6 is 11.6 Å². The van der Waals surface area contributed by atoms with Crippen LogP contribution in [0.4, 0.5) is 17.1 Å². The maximum absolute atomic E-state index is 7.28. The third-order valence-corrected chi connectivity index (χ3v) is 12.9. The predicted octanol–water partition coefficient (Wildman–Crippen LogP) is 17.1. The minimum atomic E-state index is 0.675. The topological polar surface area (TPSA) is 21.1 Å². The Morgan fingerprint density at radius 2 is 0.846 bits per heavy atom. The number of hydrogen-bond acceptors (Lipinski definition) is 2. The van der Waals surface area contributed by atoms with Crippen molar-refractivity contribution in [2.45, 2.75) is 0 Å². The van der Waals surface area contributed by atoms with Crippen molar-refractivity contribution in [3.8, 4) is 83.8 Å². The number of nitrogens with zero attached hydrogens (tertiary/aromatic N) is 3. The quantitative estimate of drug-likeness (QED) is 0.159. The Morgan fingerprint density at radius 3 is 1.55 bits per heavy atom. The number of aromatic nitrogens is 2. The molecule has 0 saturated carbocycles. The molecular weight excluding hydrogens is 810 g/mol. The molecule has 0 unspecified atom stereocenters. The Morgan fingerprint density at radius 1 is 0.323 bits per heavy atom. The van der Waals surface area contributed by atoms with Crippen LogP contribution in [-0.2, 0) is 0 Å². The van der Waals surface area contributed by atoms with Crippen molar-refractivity contribution in [3.05, 3.63) is 248 Å². The number of anilines is 3. The van der Waals surface area contributed by atoms with Gasteiger partial charge in [0.25, 0.3) is 0 Å². The molecule has 0 amide bonds. The van der Waals surface area contributed by atoms with Crippen LogP contribution in [0.25, 0.3) is 94.9 Å². The van der Waals surface area contributed by atoms with Crippen LogP contribution in [-0.4, -0.2) is 9.55 Å². The first-order valence-electron chi connectivity index (χ1n) is 22.0. The number of imidazole rings is 1. The predicted molar refractivity (Wildman–Crippen MR) is 272 cm³/mol. The highest BCUT2D eigenvalue weighted by Crippen LogP contribution is 2.55. The zero-order valence-corrected chi connectivity index (χ0v) is 36.1. The lowest BCUT2D eigenvalue weighted by molar-refractivity contribution is 1.10. The van der Waals surface area contributed by atoms with Gasteiger partial charge in [-0.25, -0.2) is 4.98 Å². The van der Waals surface area contributed by atoms with Crippen LogP contribution in [0, 0.1) is 0 Å². The molecule has 0 spiro atoms. The SMILES string of the molecule is Clc1ccccc1N1c2ccc(-c3ccc(-c4nc5ccccc5n4-c4ccccc4)cc3)cc2-c2ccccc2-c2cccc(-c3cc(-c4ccccc4)cc(-c4ccccc4)c3)c21. The first kappa shape index (κ1) is 38.4. The molecule has 0 aliphatic carbocycles. The van der Waals surface area contributed by atoms with Crippen LogP contribution in [0.15, 0.2) is 243 Å². The molecule has 4 heteroatoms. The maximum Gasteiger partial charge on any atom is 0.145 e. The van der Waals surface area contributed by atoms with Gasteiger partial charge in [-0.05, 0) is 117 Å². The van der Waals surface area contributed by atoms with Gasteiger partial charge < -0.3 is 4.90 Å². The van der Waals surface area contributed by atoms with Crippen molar-refractivity contribution in [1.82, 2.24) is 9.55 Å². The minimum Gasteiger partial charge on any atom is -0.307 e. The van der Waals surface area contributed by atoms with Crippen LogP contribution in [0.5, 0.6) is 0 Å². The highest BCUT2D eigenvalue weighted by atomic mass is 35.5. The molecule has 0 atom stereocenters. The number of halogens is 1. The van der Waals surface area contributed by atoms with E-state index in [0.717, 1.165) is 101 Å². The van der Waals surface area contributed by atoms with E-state index in [9.17, 15) is 0 Å². The van der Waals surface area contributed by atoms with E-state index in [1.807, 2.05) is 24.3 Å². The van der Waals surface area contributed by atoms with Gasteiger partial charge in [0.1, 0.15) is 5.82 Å². The van der Waals surface area contributed by atoms with Gasteiger partial charge in [0.2, 0.25) is 0 Å². The van der Waals surface area contributed by atoms with Crippen molar-refractivity contribution in [2.75, 3.05) is 4.90 Å². The van der Waals surface area contributed by atoms with Gasteiger partial charge in [0, 0.05) is 27.9 Å². The number of fused-ring (bicyclic) bond motifs is 6. The zero-order valence-electron chi connectivity index (χ0n) is 35.3. The lowest BCUT2D eigenvalue weighted by atomic mass is 9.89. The molecule has 10 aromatic carbocycles. The fraction of sp³-hybridized carbons (Fsp3) is 0. The van der Waals surface area contributed by atoms with Gasteiger partial charge in [-0.15, -0.1) is 0 Å². The molecule has 1 aromatic heterocycles. The second kappa shape index (κ2) is 16.1. The summed E-state index contributed by atoms with van der Waals surface area (Å²) in [5.74, 6) is 0.911. The Hall–Kier alpha value is -8.24. The summed E-state index contributed by atoms with van der Waals surface area (Å²) < 4.78 is 2.25. The number of para-hydroxylation sites is 5. The number of benzene rings is 10. The lowest BCUT2D eigenvalue weighted by Gasteiger charge is -2.30. The molecule has 306 valence electrons. The molecule has 0 saturated heterocycles. The molecule has 12 rings (SSSR count). The molecule has 1 aliphatic heterocycles. The molecule has 0 N–H and O–H groups in total. The summed E-state index contributed by atoms with van der Waals surface area (Å²) in [7, 11) is 0. The summed E-state index contributed by atoms with van der Waals surface area (Å²) in [6.07, 6.45) is 0. The average molecular weight is 850 g/mol. The van der Waals surface area contributed by atoms with E-state index in [1.165, 1.54) is 11.1 Å². The van der Waals surface area contributed by atoms with Crippen molar-refractivity contribution in [1.29, 1.82) is 0 Å². The van der Waals surface area contributed by atoms with E-state index in [2.05, 4.69) is 228 Å². The first-order chi connectivity index (χ1) is 32.2. The summed E-state index contributed by atoms with van der Waals surface area (Å²) in [6.45, 7) is 0. The van der Waals surface area contributed by atoms with Gasteiger partial charge in [0.05, 0.1) is 33.1 Å². The largest absolute Gasteiger partial charge is 0.307 e. The molecule has 65 heavy (non-hydrogen) atoms. The van der Waals surface area contributed by atoms with Crippen molar-refractivity contribution < 1.29 is 0 Å². The summed E-state index contributed by atoms with van der Waals surface area (Å²) in [5.41, 5.74) is 20.9. The van der Waals surface area contributed by atoms with E-state index in [1.54, 1.807) is 0 Å². The monoisotopic (exact) mass is 849 g/mol. The van der Waals surface area contributed by atoms with E-state index >= 15 is 0 Å². The third-order valence-electron chi connectivity index (χ3n) is 12.6. The molecule has 11 aromatic rings. The number of rotatable bonds is 7. The molecule has 0 bridgehead atoms. The summed E-state index contributed by atoms with van der Waals surface area (Å²) in [4.78, 5) is 7.52.